The van der Waals surface area contributed by atoms with E-state index in [1.807, 2.05) is 0 Å². The van der Waals surface area contributed by atoms with Gasteiger partial charge in [-0.3, -0.25) is 4.79 Å². The number of hydrogen-bond acceptors (Lipinski definition) is 3. The average molecular weight is 310 g/mol. The molecule has 0 fully saturated rings. The van der Waals surface area contributed by atoms with Crippen molar-refractivity contribution in [2.75, 3.05) is 18.2 Å². The lowest BCUT2D eigenvalue weighted by Gasteiger charge is -2.13. The molecule has 2 rings (SSSR count). The Bertz CT molecular complexity index is 699. The molecule has 7 heteroatoms. The van der Waals surface area contributed by atoms with E-state index < -0.39 is 23.3 Å². The van der Waals surface area contributed by atoms with E-state index in [1.165, 1.54) is 19.2 Å². The van der Waals surface area contributed by atoms with Crippen LogP contribution in [0.3, 0.4) is 0 Å². The minimum atomic E-state index is -4.59. The van der Waals surface area contributed by atoms with Crippen molar-refractivity contribution in [1.29, 1.82) is 0 Å². The fraction of sp³-hybridized carbons (Fsp3) is 0.133. The third kappa shape index (κ3) is 3.30. The minimum absolute atomic E-state index is 0.00238. The number of carbonyl (C=O) groups is 1. The highest BCUT2D eigenvalue weighted by Crippen LogP contribution is 2.35. The van der Waals surface area contributed by atoms with Gasteiger partial charge in [0.05, 0.1) is 18.2 Å². The van der Waals surface area contributed by atoms with Crippen LogP contribution in [0.2, 0.25) is 0 Å². The first-order valence-corrected chi connectivity index (χ1v) is 6.24. The topological polar surface area (TPSA) is 64.3 Å². The minimum Gasteiger partial charge on any atom is -0.496 e. The summed E-state index contributed by atoms with van der Waals surface area (Å²) in [6.07, 6.45) is -4.59. The molecule has 3 N–H and O–H groups in total. The van der Waals surface area contributed by atoms with Gasteiger partial charge in [0.2, 0.25) is 0 Å². The van der Waals surface area contributed by atoms with Gasteiger partial charge in [0.1, 0.15) is 5.75 Å². The highest BCUT2D eigenvalue weighted by molar-refractivity contribution is 6.06. The van der Waals surface area contributed by atoms with E-state index >= 15 is 0 Å². The summed E-state index contributed by atoms with van der Waals surface area (Å²) >= 11 is 0. The molecular weight excluding hydrogens is 297 g/mol. The van der Waals surface area contributed by atoms with Crippen LogP contribution >= 0.6 is 0 Å². The van der Waals surface area contributed by atoms with Gasteiger partial charge >= 0.3 is 6.18 Å². The molecule has 0 unspecified atom stereocenters. The molecule has 0 radical (unpaired) electrons. The number of carbonyl (C=O) groups excluding carboxylic acids is 1. The Balaban J connectivity index is 2.29. The Kier molecular flexibility index (Phi) is 4.25. The number of alkyl halides is 3. The van der Waals surface area contributed by atoms with E-state index in [9.17, 15) is 18.0 Å². The molecule has 0 spiro atoms. The summed E-state index contributed by atoms with van der Waals surface area (Å²) in [4.78, 5) is 12.1. The predicted octanol–water partition coefficient (Wildman–Crippen LogP) is 3.55. The molecule has 0 saturated carbocycles. The molecule has 1 amide bonds. The Hall–Kier alpha value is -2.70. The predicted molar refractivity (Wildman–Crippen MR) is 76.8 cm³/mol. The second kappa shape index (κ2) is 5.97. The second-order valence-electron chi connectivity index (χ2n) is 4.45. The van der Waals surface area contributed by atoms with Crippen LogP contribution in [0.15, 0.2) is 42.5 Å². The SMILES string of the molecule is COc1ccccc1C(=O)Nc1ccc(N)c(C(F)(F)F)c1. The summed E-state index contributed by atoms with van der Waals surface area (Å²) in [5, 5.41) is 2.40. The Morgan fingerprint density at radius 1 is 1.18 bits per heavy atom. The third-order valence-electron chi connectivity index (χ3n) is 2.97. The number of methoxy groups -OCH3 is 1. The Morgan fingerprint density at radius 2 is 1.86 bits per heavy atom. The highest BCUT2D eigenvalue weighted by Gasteiger charge is 2.33. The van der Waals surface area contributed by atoms with Crippen molar-refractivity contribution >= 4 is 17.3 Å². The summed E-state index contributed by atoms with van der Waals surface area (Å²) in [7, 11) is 1.40. The number of benzene rings is 2. The fourth-order valence-corrected chi connectivity index (χ4v) is 1.91. The van der Waals surface area contributed by atoms with Crippen LogP contribution in [0.5, 0.6) is 5.75 Å². The molecular formula is C15H13F3N2O2. The number of hydrogen-bond donors (Lipinski definition) is 2. The van der Waals surface area contributed by atoms with Crippen LogP contribution in [0, 0.1) is 0 Å². The van der Waals surface area contributed by atoms with Crippen LogP contribution in [0.1, 0.15) is 15.9 Å². The molecule has 22 heavy (non-hydrogen) atoms. The number of halogens is 3. The monoisotopic (exact) mass is 310 g/mol. The zero-order valence-electron chi connectivity index (χ0n) is 11.6. The van der Waals surface area contributed by atoms with Crippen molar-refractivity contribution in [3.63, 3.8) is 0 Å². The molecule has 0 aliphatic rings. The van der Waals surface area contributed by atoms with Gasteiger partial charge in [-0.25, -0.2) is 0 Å². The summed E-state index contributed by atoms with van der Waals surface area (Å²) < 4.78 is 43.4. The van der Waals surface area contributed by atoms with Gasteiger partial charge in [-0.2, -0.15) is 13.2 Å². The molecule has 0 aromatic heterocycles. The first-order chi connectivity index (χ1) is 10.3. The Morgan fingerprint density at radius 3 is 2.50 bits per heavy atom. The molecule has 0 bridgehead atoms. The van der Waals surface area contributed by atoms with Gasteiger partial charge in [0.15, 0.2) is 0 Å². The maximum atomic E-state index is 12.8. The van der Waals surface area contributed by atoms with E-state index in [-0.39, 0.29) is 11.3 Å². The van der Waals surface area contributed by atoms with Gasteiger partial charge in [0.25, 0.3) is 5.91 Å². The largest absolute Gasteiger partial charge is 0.496 e. The molecule has 2 aromatic rings. The van der Waals surface area contributed by atoms with Gasteiger partial charge in [-0.05, 0) is 30.3 Å². The maximum absolute atomic E-state index is 12.8. The van der Waals surface area contributed by atoms with E-state index in [4.69, 9.17) is 10.5 Å². The summed E-state index contributed by atoms with van der Waals surface area (Å²) in [6, 6.07) is 9.60. The van der Waals surface area contributed by atoms with Crippen LogP contribution in [0.25, 0.3) is 0 Å². The van der Waals surface area contributed by atoms with Crippen molar-refractivity contribution in [3.05, 3.63) is 53.6 Å². The molecule has 0 saturated heterocycles. The number of nitrogens with two attached hydrogens (primary N) is 1. The Labute approximate surface area is 124 Å². The molecule has 0 aliphatic carbocycles. The number of nitrogen functional groups attached to an aromatic ring is 1. The molecule has 0 heterocycles. The fourth-order valence-electron chi connectivity index (χ4n) is 1.91. The number of amides is 1. The van der Waals surface area contributed by atoms with Gasteiger partial charge in [-0.1, -0.05) is 12.1 Å². The average Bonchev–Trinajstić information content (AvgIpc) is 2.48. The number of ether oxygens (including phenoxy) is 1. The van der Waals surface area contributed by atoms with Crippen LogP contribution < -0.4 is 15.8 Å². The van der Waals surface area contributed by atoms with Crippen molar-refractivity contribution in [1.82, 2.24) is 0 Å². The van der Waals surface area contributed by atoms with Gasteiger partial charge < -0.3 is 15.8 Å². The van der Waals surface area contributed by atoms with Crippen molar-refractivity contribution in [2.45, 2.75) is 6.18 Å². The third-order valence-corrected chi connectivity index (χ3v) is 2.97. The number of para-hydroxylation sites is 1. The van der Waals surface area contributed by atoms with E-state index in [0.29, 0.717) is 5.75 Å². The molecule has 116 valence electrons. The quantitative estimate of drug-likeness (QED) is 0.852. The van der Waals surface area contributed by atoms with Crippen molar-refractivity contribution < 1.29 is 22.7 Å². The molecule has 0 aliphatic heterocycles. The van der Waals surface area contributed by atoms with Crippen LogP contribution in [0.4, 0.5) is 24.5 Å². The lowest BCUT2D eigenvalue weighted by molar-refractivity contribution is -0.136. The maximum Gasteiger partial charge on any atom is 0.418 e. The summed E-state index contributed by atoms with van der Waals surface area (Å²) in [5.74, 6) is -0.248. The van der Waals surface area contributed by atoms with E-state index in [0.717, 1.165) is 12.1 Å². The van der Waals surface area contributed by atoms with E-state index in [1.54, 1.807) is 18.2 Å². The smallest absolute Gasteiger partial charge is 0.418 e. The van der Waals surface area contributed by atoms with Gasteiger partial charge in [-0.15, -0.1) is 0 Å². The zero-order valence-corrected chi connectivity index (χ0v) is 11.6. The zero-order chi connectivity index (χ0) is 16.3. The highest BCUT2D eigenvalue weighted by atomic mass is 19.4. The molecule has 0 atom stereocenters. The first-order valence-electron chi connectivity index (χ1n) is 6.24. The second-order valence-corrected chi connectivity index (χ2v) is 4.45. The van der Waals surface area contributed by atoms with Crippen LogP contribution in [-0.4, -0.2) is 13.0 Å². The van der Waals surface area contributed by atoms with E-state index in [2.05, 4.69) is 5.32 Å². The molecule has 4 nitrogen and oxygen atoms in total. The summed E-state index contributed by atoms with van der Waals surface area (Å²) in [6.45, 7) is 0. The number of rotatable bonds is 3. The lowest BCUT2D eigenvalue weighted by atomic mass is 10.1. The van der Waals surface area contributed by atoms with Gasteiger partial charge in [0, 0.05) is 11.4 Å². The number of nitrogens with one attached hydrogen (secondary N) is 1. The number of anilines is 2. The first kappa shape index (κ1) is 15.7. The standard InChI is InChI=1S/C15H13F3N2O2/c1-22-13-5-3-2-4-10(13)14(21)20-9-6-7-12(19)11(8-9)15(16,17)18/h2-8H,19H2,1H3,(H,20,21). The summed E-state index contributed by atoms with van der Waals surface area (Å²) in [5.41, 5.74) is 4.13. The van der Waals surface area contributed by atoms with Crippen LogP contribution in [-0.2, 0) is 6.18 Å². The van der Waals surface area contributed by atoms with Crippen molar-refractivity contribution in [2.24, 2.45) is 0 Å². The van der Waals surface area contributed by atoms with Crippen molar-refractivity contribution in [3.8, 4) is 5.75 Å². The normalized spacial score (nSPS) is 11.1. The lowest BCUT2D eigenvalue weighted by Crippen LogP contribution is -2.15. The molecule has 2 aromatic carbocycles.